The molecule has 0 heterocycles. The average Bonchev–Trinajstić information content (AvgIpc) is 2.88. The van der Waals surface area contributed by atoms with Crippen LogP contribution in [-0.2, 0) is 11.3 Å². The molecule has 0 atom stereocenters. The molecule has 1 amide bonds. The van der Waals surface area contributed by atoms with E-state index in [4.69, 9.17) is 10.5 Å². The van der Waals surface area contributed by atoms with Crippen LogP contribution in [0.4, 0.5) is 4.39 Å². The zero-order valence-corrected chi connectivity index (χ0v) is 10.8. The van der Waals surface area contributed by atoms with Crippen LogP contribution in [0.2, 0.25) is 0 Å². The van der Waals surface area contributed by atoms with Crippen molar-refractivity contribution < 1.29 is 13.9 Å². The predicted octanol–water partition coefficient (Wildman–Crippen LogP) is 1.72. The van der Waals surface area contributed by atoms with Gasteiger partial charge in [-0.1, -0.05) is 12.8 Å². The number of carbonyl (C=O) groups excluding carboxylic acids is 1. The standard InChI is InChI=1S/C14H19FN2O2/c15-11-5-10(8-16)6-13(7-11)19-9-14(18)17-12-3-1-2-4-12/h5-7,12H,1-4,8-9,16H2,(H,17,18). The molecule has 0 aliphatic heterocycles. The average molecular weight is 266 g/mol. The molecule has 1 aromatic rings. The zero-order valence-electron chi connectivity index (χ0n) is 10.8. The molecule has 2 rings (SSSR count). The largest absolute Gasteiger partial charge is 0.484 e. The molecule has 4 nitrogen and oxygen atoms in total. The fourth-order valence-corrected chi connectivity index (χ4v) is 2.31. The Hall–Kier alpha value is -1.62. The molecule has 1 fully saturated rings. The fraction of sp³-hybridized carbons (Fsp3) is 0.500. The number of benzene rings is 1. The SMILES string of the molecule is NCc1cc(F)cc(OCC(=O)NC2CCCC2)c1. The van der Waals surface area contributed by atoms with E-state index in [1.165, 1.54) is 12.1 Å². The lowest BCUT2D eigenvalue weighted by Crippen LogP contribution is -2.36. The topological polar surface area (TPSA) is 64.3 Å². The van der Waals surface area contributed by atoms with E-state index in [9.17, 15) is 9.18 Å². The third kappa shape index (κ3) is 4.21. The fourth-order valence-electron chi connectivity index (χ4n) is 2.31. The molecule has 0 spiro atoms. The second-order valence-electron chi connectivity index (χ2n) is 4.84. The van der Waals surface area contributed by atoms with Gasteiger partial charge in [0.2, 0.25) is 0 Å². The first-order chi connectivity index (χ1) is 9.17. The molecular formula is C14H19FN2O2. The van der Waals surface area contributed by atoms with E-state index in [1.54, 1.807) is 6.07 Å². The lowest BCUT2D eigenvalue weighted by atomic mass is 10.2. The molecule has 0 saturated heterocycles. The van der Waals surface area contributed by atoms with Crippen molar-refractivity contribution in [2.75, 3.05) is 6.61 Å². The van der Waals surface area contributed by atoms with Crippen LogP contribution >= 0.6 is 0 Å². The number of ether oxygens (including phenoxy) is 1. The van der Waals surface area contributed by atoms with Crippen LogP contribution in [0.25, 0.3) is 0 Å². The Labute approximate surface area is 112 Å². The van der Waals surface area contributed by atoms with Gasteiger partial charge in [0.15, 0.2) is 6.61 Å². The highest BCUT2D eigenvalue weighted by atomic mass is 19.1. The van der Waals surface area contributed by atoms with Crippen molar-refractivity contribution >= 4 is 5.91 Å². The molecule has 0 aromatic heterocycles. The van der Waals surface area contributed by atoms with Crippen molar-refractivity contribution in [2.45, 2.75) is 38.3 Å². The van der Waals surface area contributed by atoms with Crippen molar-refractivity contribution in [3.8, 4) is 5.75 Å². The van der Waals surface area contributed by atoms with Gasteiger partial charge in [-0.05, 0) is 30.5 Å². The Morgan fingerprint density at radius 3 is 2.79 bits per heavy atom. The van der Waals surface area contributed by atoms with Crippen molar-refractivity contribution in [1.29, 1.82) is 0 Å². The molecule has 5 heteroatoms. The van der Waals surface area contributed by atoms with Gasteiger partial charge in [0, 0.05) is 18.7 Å². The Balaban J connectivity index is 1.83. The van der Waals surface area contributed by atoms with E-state index in [2.05, 4.69) is 5.32 Å². The van der Waals surface area contributed by atoms with Crippen LogP contribution in [0.5, 0.6) is 5.75 Å². The highest BCUT2D eigenvalue weighted by Gasteiger charge is 2.17. The van der Waals surface area contributed by atoms with E-state index >= 15 is 0 Å². The van der Waals surface area contributed by atoms with Gasteiger partial charge in [-0.15, -0.1) is 0 Å². The first-order valence-electron chi connectivity index (χ1n) is 6.59. The Kier molecular flexibility index (Phi) is 4.74. The quantitative estimate of drug-likeness (QED) is 0.853. The Morgan fingerprint density at radius 1 is 1.37 bits per heavy atom. The summed E-state index contributed by atoms with van der Waals surface area (Å²) >= 11 is 0. The van der Waals surface area contributed by atoms with Gasteiger partial charge in [-0.25, -0.2) is 4.39 Å². The normalized spacial score (nSPS) is 15.5. The monoisotopic (exact) mass is 266 g/mol. The van der Waals surface area contributed by atoms with Gasteiger partial charge in [0.1, 0.15) is 11.6 Å². The maximum absolute atomic E-state index is 13.2. The second kappa shape index (κ2) is 6.52. The first kappa shape index (κ1) is 13.8. The second-order valence-corrected chi connectivity index (χ2v) is 4.84. The molecular weight excluding hydrogens is 247 g/mol. The summed E-state index contributed by atoms with van der Waals surface area (Å²) in [5, 5.41) is 2.91. The van der Waals surface area contributed by atoms with Gasteiger partial charge in [0.05, 0.1) is 0 Å². The number of halogens is 1. The van der Waals surface area contributed by atoms with Crippen LogP contribution in [0.15, 0.2) is 18.2 Å². The van der Waals surface area contributed by atoms with Crippen molar-refractivity contribution in [2.24, 2.45) is 5.73 Å². The van der Waals surface area contributed by atoms with Crippen molar-refractivity contribution in [3.05, 3.63) is 29.6 Å². The summed E-state index contributed by atoms with van der Waals surface area (Å²) in [4.78, 5) is 11.7. The minimum absolute atomic E-state index is 0.0933. The first-order valence-corrected chi connectivity index (χ1v) is 6.59. The molecule has 19 heavy (non-hydrogen) atoms. The van der Waals surface area contributed by atoms with Crippen LogP contribution < -0.4 is 15.8 Å². The third-order valence-electron chi connectivity index (χ3n) is 3.26. The highest BCUT2D eigenvalue weighted by Crippen LogP contribution is 2.18. The summed E-state index contributed by atoms with van der Waals surface area (Å²) in [7, 11) is 0. The number of rotatable bonds is 5. The number of carbonyl (C=O) groups is 1. The maximum atomic E-state index is 13.2. The molecule has 0 unspecified atom stereocenters. The molecule has 1 aliphatic rings. The summed E-state index contributed by atoms with van der Waals surface area (Å²) in [5.41, 5.74) is 6.10. The molecule has 0 radical (unpaired) electrons. The van der Waals surface area contributed by atoms with Crippen molar-refractivity contribution in [1.82, 2.24) is 5.32 Å². The van der Waals surface area contributed by atoms with Gasteiger partial charge >= 0.3 is 0 Å². The number of hydrogen-bond donors (Lipinski definition) is 2. The molecule has 1 aromatic carbocycles. The van der Waals surface area contributed by atoms with Gasteiger partial charge in [0.25, 0.3) is 5.91 Å². The number of nitrogens with one attached hydrogen (secondary N) is 1. The zero-order chi connectivity index (χ0) is 13.7. The molecule has 1 saturated carbocycles. The maximum Gasteiger partial charge on any atom is 0.258 e. The van der Waals surface area contributed by atoms with E-state index in [0.29, 0.717) is 11.3 Å². The Morgan fingerprint density at radius 2 is 2.11 bits per heavy atom. The summed E-state index contributed by atoms with van der Waals surface area (Å²) < 4.78 is 18.5. The summed E-state index contributed by atoms with van der Waals surface area (Å²) in [5.74, 6) is -0.235. The van der Waals surface area contributed by atoms with Crippen LogP contribution in [-0.4, -0.2) is 18.6 Å². The van der Waals surface area contributed by atoms with Crippen LogP contribution in [0, 0.1) is 5.82 Å². The van der Waals surface area contributed by atoms with E-state index < -0.39 is 5.82 Å². The van der Waals surface area contributed by atoms with Gasteiger partial charge in [-0.2, -0.15) is 0 Å². The van der Waals surface area contributed by atoms with Crippen LogP contribution in [0.3, 0.4) is 0 Å². The van der Waals surface area contributed by atoms with E-state index in [1.807, 2.05) is 0 Å². The van der Waals surface area contributed by atoms with Crippen molar-refractivity contribution in [3.63, 3.8) is 0 Å². The lowest BCUT2D eigenvalue weighted by Gasteiger charge is -2.13. The van der Waals surface area contributed by atoms with E-state index in [0.717, 1.165) is 25.7 Å². The third-order valence-corrected chi connectivity index (χ3v) is 3.26. The molecule has 104 valence electrons. The van der Waals surface area contributed by atoms with Crippen LogP contribution in [0.1, 0.15) is 31.2 Å². The highest BCUT2D eigenvalue weighted by molar-refractivity contribution is 5.77. The summed E-state index contributed by atoms with van der Waals surface area (Å²) in [6.45, 7) is 0.145. The predicted molar refractivity (Wildman–Crippen MR) is 70.2 cm³/mol. The molecule has 1 aliphatic carbocycles. The number of nitrogens with two attached hydrogens (primary N) is 1. The van der Waals surface area contributed by atoms with Gasteiger partial charge in [-0.3, -0.25) is 4.79 Å². The smallest absolute Gasteiger partial charge is 0.258 e. The minimum atomic E-state index is -0.408. The van der Waals surface area contributed by atoms with Gasteiger partial charge < -0.3 is 15.8 Å². The Bertz CT molecular complexity index is 445. The molecule has 0 bridgehead atoms. The number of hydrogen-bond acceptors (Lipinski definition) is 3. The molecule has 3 N–H and O–H groups in total. The van der Waals surface area contributed by atoms with E-state index in [-0.39, 0.29) is 25.1 Å². The number of amides is 1. The summed E-state index contributed by atoms with van der Waals surface area (Å²) in [6.07, 6.45) is 4.39. The summed E-state index contributed by atoms with van der Waals surface area (Å²) in [6, 6.07) is 4.52. The minimum Gasteiger partial charge on any atom is -0.484 e. The lowest BCUT2D eigenvalue weighted by molar-refractivity contribution is -0.123.